The average Bonchev–Trinajstić information content (AvgIpc) is 2.81. The molecule has 21 heavy (non-hydrogen) atoms. The van der Waals surface area contributed by atoms with Crippen LogP contribution in [0, 0.1) is 0 Å². The van der Waals surface area contributed by atoms with Gasteiger partial charge < -0.3 is 15.0 Å². The topological polar surface area (TPSA) is 42.3 Å². The summed E-state index contributed by atoms with van der Waals surface area (Å²) in [5.41, 5.74) is 1.08. The second-order valence-electron chi connectivity index (χ2n) is 5.40. The van der Waals surface area contributed by atoms with Crippen LogP contribution in [0.4, 0.5) is 0 Å². The molecule has 0 aromatic carbocycles. The van der Waals surface area contributed by atoms with Crippen molar-refractivity contribution in [2.24, 2.45) is 0 Å². The summed E-state index contributed by atoms with van der Waals surface area (Å²) in [5.74, 6) is 0. The summed E-state index contributed by atoms with van der Waals surface area (Å²) < 4.78 is 7.51. The van der Waals surface area contributed by atoms with Crippen LogP contribution in [0.1, 0.15) is 38.4 Å². The van der Waals surface area contributed by atoms with Crippen LogP contribution < -0.4 is 5.32 Å². The van der Waals surface area contributed by atoms with E-state index in [4.69, 9.17) is 16.3 Å². The van der Waals surface area contributed by atoms with Crippen molar-refractivity contribution < 1.29 is 4.74 Å². The summed E-state index contributed by atoms with van der Waals surface area (Å²) in [6, 6.07) is 0.189. The molecule has 1 atom stereocenters. The van der Waals surface area contributed by atoms with Gasteiger partial charge in [-0.1, -0.05) is 18.5 Å². The third-order valence-electron chi connectivity index (χ3n) is 3.32. The molecular formula is C15H29ClN4O. The Hall–Kier alpha value is -0.620. The van der Waals surface area contributed by atoms with Crippen molar-refractivity contribution in [1.29, 1.82) is 0 Å². The third-order valence-corrected chi connectivity index (χ3v) is 3.61. The zero-order valence-electron chi connectivity index (χ0n) is 13.7. The summed E-state index contributed by atoms with van der Waals surface area (Å²) in [6.07, 6.45) is 3.74. The van der Waals surface area contributed by atoms with E-state index in [0.29, 0.717) is 0 Å². The SMILES string of the molecule is CCCNC(CCOCC)c1c(Cl)cnn1CCN(C)C. The van der Waals surface area contributed by atoms with Crippen molar-refractivity contribution in [2.75, 3.05) is 40.4 Å². The number of aromatic nitrogens is 2. The first kappa shape index (κ1) is 18.4. The fraction of sp³-hybridized carbons (Fsp3) is 0.800. The predicted octanol–water partition coefficient (Wildman–Crippen LogP) is 2.57. The van der Waals surface area contributed by atoms with E-state index in [1.54, 1.807) is 6.20 Å². The minimum absolute atomic E-state index is 0.189. The Labute approximate surface area is 133 Å². The molecule has 1 heterocycles. The van der Waals surface area contributed by atoms with E-state index in [1.807, 2.05) is 11.6 Å². The Bertz CT molecular complexity index is 395. The van der Waals surface area contributed by atoms with Crippen molar-refractivity contribution in [3.05, 3.63) is 16.9 Å². The molecule has 1 rings (SSSR count). The Morgan fingerprint density at radius 1 is 1.43 bits per heavy atom. The predicted molar refractivity (Wildman–Crippen MR) is 87.9 cm³/mol. The maximum atomic E-state index is 6.37. The fourth-order valence-corrected chi connectivity index (χ4v) is 2.46. The Morgan fingerprint density at radius 2 is 2.19 bits per heavy atom. The molecule has 0 saturated carbocycles. The molecule has 1 N–H and O–H groups in total. The Morgan fingerprint density at radius 3 is 2.81 bits per heavy atom. The third kappa shape index (κ3) is 6.34. The second-order valence-corrected chi connectivity index (χ2v) is 5.80. The Kier molecular flexibility index (Phi) is 8.92. The first-order valence-electron chi connectivity index (χ1n) is 7.77. The number of nitrogens with zero attached hydrogens (tertiary/aromatic N) is 3. The first-order chi connectivity index (χ1) is 10.1. The van der Waals surface area contributed by atoms with Gasteiger partial charge in [-0.2, -0.15) is 5.10 Å². The number of nitrogens with one attached hydrogen (secondary N) is 1. The van der Waals surface area contributed by atoms with Crippen molar-refractivity contribution in [1.82, 2.24) is 20.0 Å². The molecule has 0 aliphatic heterocycles. The van der Waals surface area contributed by atoms with Crippen molar-refractivity contribution in [3.63, 3.8) is 0 Å². The van der Waals surface area contributed by atoms with Crippen LogP contribution in [0.15, 0.2) is 6.20 Å². The molecule has 5 nitrogen and oxygen atoms in total. The highest BCUT2D eigenvalue weighted by Crippen LogP contribution is 2.25. The van der Waals surface area contributed by atoms with Gasteiger partial charge in [-0.25, -0.2) is 0 Å². The summed E-state index contributed by atoms with van der Waals surface area (Å²) in [4.78, 5) is 2.15. The normalized spacial score (nSPS) is 13.0. The molecule has 1 aromatic rings. The zero-order valence-corrected chi connectivity index (χ0v) is 14.5. The highest BCUT2D eigenvalue weighted by atomic mass is 35.5. The van der Waals surface area contributed by atoms with Gasteiger partial charge in [0.25, 0.3) is 0 Å². The highest BCUT2D eigenvalue weighted by Gasteiger charge is 2.19. The monoisotopic (exact) mass is 316 g/mol. The van der Waals surface area contributed by atoms with Gasteiger partial charge in [0.2, 0.25) is 0 Å². The van der Waals surface area contributed by atoms with Crippen LogP contribution in [-0.4, -0.2) is 55.1 Å². The lowest BCUT2D eigenvalue weighted by molar-refractivity contribution is 0.135. The molecule has 0 spiro atoms. The number of likely N-dealkylation sites (N-methyl/N-ethyl adjacent to an activating group) is 1. The van der Waals surface area contributed by atoms with E-state index in [2.05, 4.69) is 36.3 Å². The maximum absolute atomic E-state index is 6.37. The van der Waals surface area contributed by atoms with Gasteiger partial charge in [-0.15, -0.1) is 0 Å². The molecule has 0 radical (unpaired) electrons. The van der Waals surface area contributed by atoms with Crippen molar-refractivity contribution >= 4 is 11.6 Å². The molecule has 0 bridgehead atoms. The van der Waals surface area contributed by atoms with Gasteiger partial charge in [0.05, 0.1) is 29.5 Å². The number of hydrogen-bond donors (Lipinski definition) is 1. The van der Waals surface area contributed by atoms with E-state index in [9.17, 15) is 0 Å². The van der Waals surface area contributed by atoms with E-state index in [0.717, 1.165) is 56.4 Å². The first-order valence-corrected chi connectivity index (χ1v) is 8.15. The summed E-state index contributed by atoms with van der Waals surface area (Å²) in [6.45, 7) is 8.40. The molecule has 0 fully saturated rings. The van der Waals surface area contributed by atoms with E-state index in [-0.39, 0.29) is 6.04 Å². The van der Waals surface area contributed by atoms with Crippen LogP contribution in [0.25, 0.3) is 0 Å². The lowest BCUT2D eigenvalue weighted by Gasteiger charge is -2.21. The molecule has 122 valence electrons. The number of halogens is 1. The molecule has 0 aliphatic rings. The summed E-state index contributed by atoms with van der Waals surface area (Å²) in [5, 5.41) is 8.72. The van der Waals surface area contributed by atoms with E-state index >= 15 is 0 Å². The standard InChI is InChI=1S/C15H29ClN4O/c1-5-8-17-14(7-11-21-6-2)15-13(16)12-18-20(15)10-9-19(3)4/h12,14,17H,5-11H2,1-4H3. The lowest BCUT2D eigenvalue weighted by Crippen LogP contribution is -2.28. The van der Waals surface area contributed by atoms with Gasteiger partial charge in [-0.3, -0.25) is 4.68 Å². The number of ether oxygens (including phenoxy) is 1. The lowest BCUT2D eigenvalue weighted by atomic mass is 10.1. The van der Waals surface area contributed by atoms with E-state index in [1.165, 1.54) is 0 Å². The molecule has 0 saturated heterocycles. The summed E-state index contributed by atoms with van der Waals surface area (Å²) >= 11 is 6.37. The van der Waals surface area contributed by atoms with Crippen LogP contribution >= 0.6 is 11.6 Å². The largest absolute Gasteiger partial charge is 0.382 e. The van der Waals surface area contributed by atoms with Crippen LogP contribution in [0.2, 0.25) is 5.02 Å². The van der Waals surface area contributed by atoms with Gasteiger partial charge >= 0.3 is 0 Å². The minimum atomic E-state index is 0.189. The molecule has 1 unspecified atom stereocenters. The highest BCUT2D eigenvalue weighted by molar-refractivity contribution is 6.31. The van der Waals surface area contributed by atoms with Gasteiger partial charge in [0, 0.05) is 19.8 Å². The fourth-order valence-electron chi connectivity index (χ4n) is 2.19. The molecule has 6 heteroatoms. The number of rotatable bonds is 11. The van der Waals surface area contributed by atoms with Crippen LogP contribution in [0.5, 0.6) is 0 Å². The van der Waals surface area contributed by atoms with Crippen molar-refractivity contribution in [2.45, 2.75) is 39.3 Å². The molecular weight excluding hydrogens is 288 g/mol. The van der Waals surface area contributed by atoms with Crippen LogP contribution in [0.3, 0.4) is 0 Å². The molecule has 1 aromatic heterocycles. The zero-order chi connectivity index (χ0) is 15.7. The van der Waals surface area contributed by atoms with Gasteiger partial charge in [0.15, 0.2) is 0 Å². The molecule has 0 amide bonds. The Balaban J connectivity index is 2.80. The smallest absolute Gasteiger partial charge is 0.0834 e. The minimum Gasteiger partial charge on any atom is -0.382 e. The number of hydrogen-bond acceptors (Lipinski definition) is 4. The second kappa shape index (κ2) is 10.2. The average molecular weight is 317 g/mol. The molecule has 0 aliphatic carbocycles. The van der Waals surface area contributed by atoms with Gasteiger partial charge in [0.1, 0.15) is 0 Å². The maximum Gasteiger partial charge on any atom is 0.0834 e. The van der Waals surface area contributed by atoms with Crippen LogP contribution in [-0.2, 0) is 11.3 Å². The summed E-state index contributed by atoms with van der Waals surface area (Å²) in [7, 11) is 4.12. The van der Waals surface area contributed by atoms with Gasteiger partial charge in [-0.05, 0) is 40.4 Å². The van der Waals surface area contributed by atoms with Crippen molar-refractivity contribution in [3.8, 4) is 0 Å². The quantitative estimate of drug-likeness (QED) is 0.637. The van der Waals surface area contributed by atoms with E-state index < -0.39 is 0 Å².